The highest BCUT2D eigenvalue weighted by atomic mass is 15.2. The molecule has 0 amide bonds. The normalized spacial score (nSPS) is 24.5. The van der Waals surface area contributed by atoms with Crippen molar-refractivity contribution in [3.05, 3.63) is 132 Å². The van der Waals surface area contributed by atoms with Crippen LogP contribution in [0.15, 0.2) is 121 Å². The summed E-state index contributed by atoms with van der Waals surface area (Å²) in [5, 5.41) is 0. The van der Waals surface area contributed by atoms with Crippen molar-refractivity contribution in [1.29, 1.82) is 0 Å². The maximum absolute atomic E-state index is 2.69. The molecule has 2 aliphatic carbocycles. The lowest BCUT2D eigenvalue weighted by Gasteiger charge is -2.39. The number of nitrogens with zero attached hydrogens (tertiary/aromatic N) is 2. The van der Waals surface area contributed by atoms with Gasteiger partial charge in [-0.15, -0.1) is 0 Å². The lowest BCUT2D eigenvalue weighted by Crippen LogP contribution is -2.35. The molecule has 246 valence electrons. The molecule has 1 saturated carbocycles. The number of allylic oxidation sites excluding steroid dienone is 2. The zero-order valence-electron chi connectivity index (χ0n) is 29.8. The lowest BCUT2D eigenvalue weighted by atomic mass is 9.71. The van der Waals surface area contributed by atoms with Gasteiger partial charge in [0.15, 0.2) is 0 Å². The Morgan fingerprint density at radius 1 is 0.646 bits per heavy atom. The molecule has 0 N–H and O–H groups in total. The SMILES string of the molecule is CC(C)(C)CC1=CC2c3ccccc3N(c3cccc(-c4cccc(N5c6ccccc6C6C[C@H](CC(C)(C)C)CCC65)c4)c3)C2C=C1. The number of para-hydroxylation sites is 2. The quantitative estimate of drug-likeness (QED) is 0.216. The van der Waals surface area contributed by atoms with Crippen LogP contribution in [0.1, 0.15) is 96.6 Å². The van der Waals surface area contributed by atoms with Crippen molar-refractivity contribution in [3.63, 3.8) is 0 Å². The Bertz CT molecular complexity index is 1880. The molecule has 4 aromatic rings. The van der Waals surface area contributed by atoms with Crippen LogP contribution in [0.3, 0.4) is 0 Å². The molecular weight excluding hydrogens is 581 g/mol. The highest BCUT2D eigenvalue weighted by Crippen LogP contribution is 2.54. The highest BCUT2D eigenvalue weighted by Gasteiger charge is 2.43. The predicted octanol–water partition coefficient (Wildman–Crippen LogP) is 12.7. The summed E-state index contributed by atoms with van der Waals surface area (Å²) in [6, 6.07) is 37.7. The van der Waals surface area contributed by atoms with Crippen LogP contribution < -0.4 is 9.80 Å². The van der Waals surface area contributed by atoms with Gasteiger partial charge in [-0.1, -0.05) is 126 Å². The van der Waals surface area contributed by atoms with E-state index in [1.807, 2.05) is 0 Å². The average molecular weight is 633 g/mol. The second-order valence-electron chi connectivity index (χ2n) is 17.4. The molecule has 0 radical (unpaired) electrons. The first-order valence-electron chi connectivity index (χ1n) is 18.4. The minimum Gasteiger partial charge on any atom is -0.337 e. The second-order valence-corrected chi connectivity index (χ2v) is 17.4. The van der Waals surface area contributed by atoms with Crippen molar-refractivity contribution < 1.29 is 0 Å². The number of rotatable bonds is 5. The standard InChI is InChI=1S/C46H52N2/c1-45(2,3)29-31-21-23-43-39(25-31)37-17-7-9-19-41(37)47(43)35-15-11-13-33(27-35)34-14-12-16-36(28-34)48-42-20-10-8-18-38(42)40-26-32(22-24-44(40)48)30-46(4,5)6/h7-21,23,25,27-28,32,39-40,43-44H,22,24,26,29-30H2,1-6H3/t32-,39?,40?,43?,44?/m1/s1. The first-order valence-corrected chi connectivity index (χ1v) is 18.4. The van der Waals surface area contributed by atoms with Crippen LogP contribution >= 0.6 is 0 Å². The molecule has 0 saturated heterocycles. The third-order valence-corrected chi connectivity index (χ3v) is 11.2. The monoisotopic (exact) mass is 632 g/mol. The van der Waals surface area contributed by atoms with E-state index in [1.165, 1.54) is 70.7 Å². The zero-order valence-corrected chi connectivity index (χ0v) is 29.8. The van der Waals surface area contributed by atoms with E-state index in [0.717, 1.165) is 12.3 Å². The summed E-state index contributed by atoms with van der Waals surface area (Å²) in [5.41, 5.74) is 13.0. The van der Waals surface area contributed by atoms with Crippen molar-refractivity contribution in [2.45, 2.75) is 97.6 Å². The summed E-state index contributed by atoms with van der Waals surface area (Å²) in [6.45, 7) is 14.2. The molecule has 2 nitrogen and oxygen atoms in total. The molecule has 4 aromatic carbocycles. The van der Waals surface area contributed by atoms with E-state index in [4.69, 9.17) is 0 Å². The molecule has 0 spiro atoms. The fraction of sp³-hybridized carbons (Fsp3) is 0.391. The maximum Gasteiger partial charge on any atom is 0.0629 e. The van der Waals surface area contributed by atoms with E-state index in [2.05, 4.69) is 167 Å². The average Bonchev–Trinajstić information content (AvgIpc) is 3.56. The topological polar surface area (TPSA) is 6.48 Å². The predicted molar refractivity (Wildman–Crippen MR) is 205 cm³/mol. The Morgan fingerprint density at radius 2 is 1.27 bits per heavy atom. The van der Waals surface area contributed by atoms with E-state index in [9.17, 15) is 0 Å². The molecule has 0 aromatic heterocycles. The van der Waals surface area contributed by atoms with Crippen LogP contribution in [0.2, 0.25) is 0 Å². The summed E-state index contributed by atoms with van der Waals surface area (Å²) in [4.78, 5) is 5.27. The van der Waals surface area contributed by atoms with Crippen LogP contribution in [-0.4, -0.2) is 12.1 Å². The zero-order chi connectivity index (χ0) is 33.2. The van der Waals surface area contributed by atoms with E-state index >= 15 is 0 Å². The summed E-state index contributed by atoms with van der Waals surface area (Å²) >= 11 is 0. The summed E-state index contributed by atoms with van der Waals surface area (Å²) in [5.74, 6) is 1.79. The molecule has 2 heteroatoms. The van der Waals surface area contributed by atoms with Crippen LogP contribution in [0, 0.1) is 16.7 Å². The van der Waals surface area contributed by atoms with Gasteiger partial charge >= 0.3 is 0 Å². The van der Waals surface area contributed by atoms with E-state index < -0.39 is 0 Å². The summed E-state index contributed by atoms with van der Waals surface area (Å²) in [6.07, 6.45) is 13.7. The molecule has 48 heavy (non-hydrogen) atoms. The number of hydrogen-bond acceptors (Lipinski definition) is 2. The molecule has 2 aliphatic heterocycles. The third-order valence-electron chi connectivity index (χ3n) is 11.2. The molecule has 0 bridgehead atoms. The van der Waals surface area contributed by atoms with Crippen LogP contribution in [0.4, 0.5) is 22.7 Å². The largest absolute Gasteiger partial charge is 0.337 e. The van der Waals surface area contributed by atoms with E-state index in [-0.39, 0.29) is 5.41 Å². The van der Waals surface area contributed by atoms with Gasteiger partial charge in [0, 0.05) is 40.6 Å². The van der Waals surface area contributed by atoms with Gasteiger partial charge in [-0.25, -0.2) is 0 Å². The van der Waals surface area contributed by atoms with E-state index in [1.54, 1.807) is 5.56 Å². The maximum atomic E-state index is 2.69. The fourth-order valence-corrected chi connectivity index (χ4v) is 9.57. The van der Waals surface area contributed by atoms with Crippen LogP contribution in [-0.2, 0) is 0 Å². The molecule has 4 unspecified atom stereocenters. The second kappa shape index (κ2) is 11.8. The van der Waals surface area contributed by atoms with Crippen molar-refractivity contribution in [1.82, 2.24) is 0 Å². The van der Waals surface area contributed by atoms with Crippen molar-refractivity contribution in [2.75, 3.05) is 9.80 Å². The first-order chi connectivity index (χ1) is 23.0. The first kappa shape index (κ1) is 31.2. The Hall–Kier alpha value is -4.04. The van der Waals surface area contributed by atoms with Gasteiger partial charge in [0.2, 0.25) is 0 Å². The highest BCUT2D eigenvalue weighted by molar-refractivity contribution is 5.81. The van der Waals surface area contributed by atoms with Crippen LogP contribution in [0.5, 0.6) is 0 Å². The number of anilines is 4. The minimum atomic E-state index is 0.271. The third kappa shape index (κ3) is 5.82. The molecule has 1 fully saturated rings. The van der Waals surface area contributed by atoms with Gasteiger partial charge in [0.25, 0.3) is 0 Å². The number of fused-ring (bicyclic) bond motifs is 6. The Labute approximate surface area is 289 Å². The fourth-order valence-electron chi connectivity index (χ4n) is 9.57. The van der Waals surface area contributed by atoms with Gasteiger partial charge in [-0.2, -0.15) is 0 Å². The Balaban J connectivity index is 1.11. The lowest BCUT2D eigenvalue weighted by molar-refractivity contribution is 0.215. The van der Waals surface area contributed by atoms with E-state index in [0.29, 0.717) is 29.3 Å². The molecule has 4 aliphatic rings. The molecule has 5 atom stereocenters. The Kier molecular flexibility index (Phi) is 7.70. The van der Waals surface area contributed by atoms with Gasteiger partial charge in [-0.05, 0) is 108 Å². The minimum absolute atomic E-state index is 0.271. The number of benzene rings is 4. The summed E-state index contributed by atoms with van der Waals surface area (Å²) < 4.78 is 0. The van der Waals surface area contributed by atoms with Gasteiger partial charge < -0.3 is 9.80 Å². The van der Waals surface area contributed by atoms with Crippen LogP contribution in [0.25, 0.3) is 11.1 Å². The molecular formula is C46H52N2. The van der Waals surface area contributed by atoms with Crippen molar-refractivity contribution >= 4 is 22.7 Å². The van der Waals surface area contributed by atoms with Gasteiger partial charge in [0.1, 0.15) is 0 Å². The van der Waals surface area contributed by atoms with Crippen molar-refractivity contribution in [3.8, 4) is 11.1 Å². The molecule has 8 rings (SSSR count). The van der Waals surface area contributed by atoms with Gasteiger partial charge in [0.05, 0.1) is 6.04 Å². The number of hydrogen-bond donors (Lipinski definition) is 0. The summed E-state index contributed by atoms with van der Waals surface area (Å²) in [7, 11) is 0. The van der Waals surface area contributed by atoms with Gasteiger partial charge in [-0.3, -0.25) is 0 Å². The van der Waals surface area contributed by atoms with Crippen molar-refractivity contribution in [2.24, 2.45) is 16.7 Å². The smallest absolute Gasteiger partial charge is 0.0629 e. The Morgan fingerprint density at radius 3 is 1.94 bits per heavy atom. The molecule has 2 heterocycles.